The molecule has 0 unspecified atom stereocenters. The number of benzene rings is 1. The van der Waals surface area contributed by atoms with E-state index in [0.29, 0.717) is 0 Å². The van der Waals surface area contributed by atoms with Crippen LogP contribution in [0.15, 0.2) is 32.7 Å². The molecule has 0 heterocycles. The molecular formula is C8H9BrN2OS. The van der Waals surface area contributed by atoms with Crippen LogP contribution in [0.5, 0.6) is 0 Å². The number of oxime groups is 1. The maximum Gasteiger partial charge on any atom is 0.172 e. The van der Waals surface area contributed by atoms with Gasteiger partial charge >= 0.3 is 0 Å². The SMILES string of the molecule is CSc1cccc(Br)c1/C(N)=N/O. The molecule has 3 N–H and O–H groups in total. The summed E-state index contributed by atoms with van der Waals surface area (Å²) in [6, 6.07) is 5.68. The molecule has 0 saturated carbocycles. The Bertz CT molecular complexity index is 341. The van der Waals surface area contributed by atoms with E-state index in [1.54, 1.807) is 11.8 Å². The van der Waals surface area contributed by atoms with E-state index in [0.717, 1.165) is 14.9 Å². The van der Waals surface area contributed by atoms with Crippen LogP contribution in [-0.2, 0) is 0 Å². The number of nitrogens with two attached hydrogens (primary N) is 1. The number of nitrogens with zero attached hydrogens (tertiary/aromatic N) is 1. The van der Waals surface area contributed by atoms with Gasteiger partial charge in [-0.25, -0.2) is 0 Å². The zero-order valence-electron chi connectivity index (χ0n) is 6.99. The van der Waals surface area contributed by atoms with Gasteiger partial charge in [0, 0.05) is 14.9 Å². The van der Waals surface area contributed by atoms with Crippen LogP contribution >= 0.6 is 27.7 Å². The van der Waals surface area contributed by atoms with Crippen molar-refractivity contribution in [3.8, 4) is 0 Å². The Morgan fingerprint density at radius 1 is 1.62 bits per heavy atom. The highest BCUT2D eigenvalue weighted by atomic mass is 79.9. The monoisotopic (exact) mass is 260 g/mol. The van der Waals surface area contributed by atoms with Crippen LogP contribution in [0, 0.1) is 0 Å². The summed E-state index contributed by atoms with van der Waals surface area (Å²) in [6.07, 6.45) is 1.94. The molecular weight excluding hydrogens is 252 g/mol. The van der Waals surface area contributed by atoms with Gasteiger partial charge in [0.15, 0.2) is 5.84 Å². The third-order valence-corrected chi connectivity index (χ3v) is 3.00. The molecule has 0 fully saturated rings. The van der Waals surface area contributed by atoms with Gasteiger partial charge in [0.05, 0.1) is 0 Å². The zero-order chi connectivity index (χ0) is 9.84. The van der Waals surface area contributed by atoms with Gasteiger partial charge in [0.1, 0.15) is 0 Å². The third-order valence-electron chi connectivity index (χ3n) is 1.56. The molecule has 13 heavy (non-hydrogen) atoms. The fraction of sp³-hybridized carbons (Fsp3) is 0.125. The normalized spacial score (nSPS) is 11.7. The first-order valence-corrected chi connectivity index (χ1v) is 5.53. The van der Waals surface area contributed by atoms with E-state index in [-0.39, 0.29) is 5.84 Å². The van der Waals surface area contributed by atoms with Gasteiger partial charge in [0.25, 0.3) is 0 Å². The molecule has 0 aromatic heterocycles. The average Bonchev–Trinajstić information content (AvgIpc) is 2.16. The Balaban J connectivity index is 3.31. The number of amidine groups is 1. The van der Waals surface area contributed by atoms with Crippen LogP contribution in [0.1, 0.15) is 5.56 Å². The second-order valence-electron chi connectivity index (χ2n) is 2.30. The van der Waals surface area contributed by atoms with Crippen LogP contribution in [0.3, 0.4) is 0 Å². The maximum absolute atomic E-state index is 8.57. The quantitative estimate of drug-likeness (QED) is 0.282. The molecule has 0 radical (unpaired) electrons. The number of hydrogen-bond acceptors (Lipinski definition) is 3. The summed E-state index contributed by atoms with van der Waals surface area (Å²) in [4.78, 5) is 0.977. The number of thioether (sulfide) groups is 1. The standard InChI is InChI=1S/C8H9BrN2OS/c1-13-6-4-2-3-5(9)7(6)8(10)11-12/h2-4,12H,1H3,(H2,10,11). The van der Waals surface area contributed by atoms with Crippen molar-refractivity contribution in [2.75, 3.05) is 6.26 Å². The Morgan fingerprint density at radius 3 is 2.85 bits per heavy atom. The van der Waals surface area contributed by atoms with Crippen LogP contribution in [0.25, 0.3) is 0 Å². The van der Waals surface area contributed by atoms with Crippen molar-refractivity contribution >= 4 is 33.5 Å². The number of rotatable bonds is 2. The molecule has 0 atom stereocenters. The second kappa shape index (κ2) is 4.53. The molecule has 0 saturated heterocycles. The van der Waals surface area contributed by atoms with E-state index < -0.39 is 0 Å². The lowest BCUT2D eigenvalue weighted by molar-refractivity contribution is 0.318. The maximum atomic E-state index is 8.57. The Kier molecular flexibility index (Phi) is 3.62. The van der Waals surface area contributed by atoms with Gasteiger partial charge < -0.3 is 10.9 Å². The summed E-state index contributed by atoms with van der Waals surface area (Å²) in [5, 5.41) is 11.5. The summed E-state index contributed by atoms with van der Waals surface area (Å²) in [5.74, 6) is 0.122. The predicted octanol–water partition coefficient (Wildman–Crippen LogP) is 2.27. The van der Waals surface area contributed by atoms with Crippen molar-refractivity contribution in [3.63, 3.8) is 0 Å². The predicted molar refractivity (Wildman–Crippen MR) is 58.4 cm³/mol. The fourth-order valence-electron chi connectivity index (χ4n) is 0.973. The van der Waals surface area contributed by atoms with Gasteiger partial charge in [0.2, 0.25) is 0 Å². The molecule has 0 aliphatic carbocycles. The Hall–Kier alpha value is -0.680. The first-order chi connectivity index (χ1) is 6.20. The highest BCUT2D eigenvalue weighted by Crippen LogP contribution is 2.26. The minimum absolute atomic E-state index is 0.122. The molecule has 0 aliphatic heterocycles. The molecule has 1 aromatic carbocycles. The van der Waals surface area contributed by atoms with Gasteiger partial charge in [-0.1, -0.05) is 11.2 Å². The van der Waals surface area contributed by atoms with Crippen molar-refractivity contribution in [1.29, 1.82) is 0 Å². The van der Waals surface area contributed by atoms with Crippen LogP contribution in [0.4, 0.5) is 0 Å². The molecule has 1 aromatic rings. The molecule has 1 rings (SSSR count). The van der Waals surface area contributed by atoms with Crippen LogP contribution in [0.2, 0.25) is 0 Å². The molecule has 0 aliphatic rings. The smallest absolute Gasteiger partial charge is 0.172 e. The number of hydrogen-bond donors (Lipinski definition) is 2. The van der Waals surface area contributed by atoms with E-state index >= 15 is 0 Å². The van der Waals surface area contributed by atoms with Gasteiger partial charge in [-0.3, -0.25) is 0 Å². The third kappa shape index (κ3) is 2.16. The summed E-state index contributed by atoms with van der Waals surface area (Å²) in [7, 11) is 0. The summed E-state index contributed by atoms with van der Waals surface area (Å²) < 4.78 is 0.828. The van der Waals surface area contributed by atoms with E-state index in [1.165, 1.54) is 0 Å². The van der Waals surface area contributed by atoms with Gasteiger partial charge in [-0.15, -0.1) is 11.8 Å². The van der Waals surface area contributed by atoms with Crippen molar-refractivity contribution in [2.45, 2.75) is 4.90 Å². The molecule has 0 spiro atoms. The second-order valence-corrected chi connectivity index (χ2v) is 4.00. The minimum atomic E-state index is 0.122. The van der Waals surface area contributed by atoms with E-state index in [1.807, 2.05) is 24.5 Å². The van der Waals surface area contributed by atoms with Crippen molar-refractivity contribution < 1.29 is 5.21 Å². The first-order valence-electron chi connectivity index (χ1n) is 3.51. The Labute approximate surface area is 89.1 Å². The van der Waals surface area contributed by atoms with Crippen molar-refractivity contribution in [3.05, 3.63) is 28.2 Å². The summed E-state index contributed by atoms with van der Waals surface area (Å²) in [5.41, 5.74) is 6.26. The lowest BCUT2D eigenvalue weighted by Gasteiger charge is -2.07. The lowest BCUT2D eigenvalue weighted by atomic mass is 10.2. The van der Waals surface area contributed by atoms with E-state index in [9.17, 15) is 0 Å². The van der Waals surface area contributed by atoms with Crippen LogP contribution < -0.4 is 5.73 Å². The highest BCUT2D eigenvalue weighted by molar-refractivity contribution is 9.10. The zero-order valence-corrected chi connectivity index (χ0v) is 9.39. The summed E-state index contributed by atoms with van der Waals surface area (Å²) in [6.45, 7) is 0. The Morgan fingerprint density at radius 2 is 2.31 bits per heavy atom. The summed E-state index contributed by atoms with van der Waals surface area (Å²) >= 11 is 4.90. The van der Waals surface area contributed by atoms with E-state index in [2.05, 4.69) is 21.1 Å². The average molecular weight is 261 g/mol. The first kappa shape index (κ1) is 10.4. The van der Waals surface area contributed by atoms with Gasteiger partial charge in [-0.2, -0.15) is 0 Å². The molecule has 3 nitrogen and oxygen atoms in total. The topological polar surface area (TPSA) is 58.6 Å². The molecule has 70 valence electrons. The van der Waals surface area contributed by atoms with Crippen molar-refractivity contribution in [2.24, 2.45) is 10.9 Å². The number of halogens is 1. The van der Waals surface area contributed by atoms with Crippen LogP contribution in [-0.4, -0.2) is 17.3 Å². The lowest BCUT2D eigenvalue weighted by Crippen LogP contribution is -2.14. The largest absolute Gasteiger partial charge is 0.409 e. The minimum Gasteiger partial charge on any atom is -0.409 e. The molecule has 0 amide bonds. The van der Waals surface area contributed by atoms with Gasteiger partial charge in [-0.05, 0) is 34.3 Å². The van der Waals surface area contributed by atoms with E-state index in [4.69, 9.17) is 10.9 Å². The highest BCUT2D eigenvalue weighted by Gasteiger charge is 2.09. The van der Waals surface area contributed by atoms with Crippen molar-refractivity contribution in [1.82, 2.24) is 0 Å². The molecule has 5 heteroatoms. The fourth-order valence-corrected chi connectivity index (χ4v) is 2.31. The molecule has 0 bridgehead atoms.